The highest BCUT2D eigenvalue weighted by Gasteiger charge is 2.17. The molecule has 1 atom stereocenters. The lowest BCUT2D eigenvalue weighted by Gasteiger charge is -2.21. The third-order valence-electron chi connectivity index (χ3n) is 2.23. The minimum atomic E-state index is 0.138. The molecule has 1 heterocycles. The second-order valence-electron chi connectivity index (χ2n) is 3.60. The quantitative estimate of drug-likeness (QED) is 0.629. The molecule has 4 heteroatoms. The van der Waals surface area contributed by atoms with E-state index in [-0.39, 0.29) is 18.6 Å². The number of hydrogen-bond donors (Lipinski definition) is 2. The molecule has 0 aromatic carbocycles. The van der Waals surface area contributed by atoms with Crippen LogP contribution in [0.25, 0.3) is 0 Å². The molecular formula is C9H18N2O2. The van der Waals surface area contributed by atoms with E-state index in [0.717, 1.165) is 26.1 Å². The fraction of sp³-hybridized carbons (Fsp3) is 0.889. The predicted octanol–water partition coefficient (Wildman–Crippen LogP) is -0.421. The Kier molecular flexibility index (Phi) is 4.18. The van der Waals surface area contributed by atoms with Crippen molar-refractivity contribution in [3.8, 4) is 0 Å². The van der Waals surface area contributed by atoms with Gasteiger partial charge in [-0.3, -0.25) is 4.79 Å². The number of carbonyl (C=O) groups is 1. The van der Waals surface area contributed by atoms with Crippen molar-refractivity contribution < 1.29 is 9.90 Å². The molecule has 4 nitrogen and oxygen atoms in total. The summed E-state index contributed by atoms with van der Waals surface area (Å²) in [5, 5.41) is 11.6. The van der Waals surface area contributed by atoms with Gasteiger partial charge in [-0.1, -0.05) is 0 Å². The molecule has 1 unspecified atom stereocenters. The van der Waals surface area contributed by atoms with Crippen molar-refractivity contribution in [3.05, 3.63) is 0 Å². The number of nitrogens with zero attached hydrogens (tertiary/aromatic N) is 1. The average molecular weight is 186 g/mol. The minimum Gasteiger partial charge on any atom is -0.396 e. The summed E-state index contributed by atoms with van der Waals surface area (Å²) in [7, 11) is 0. The summed E-state index contributed by atoms with van der Waals surface area (Å²) in [6.07, 6.45) is 1.37. The number of aliphatic hydroxyl groups excluding tert-OH is 1. The fourth-order valence-electron chi connectivity index (χ4n) is 1.63. The lowest BCUT2D eigenvalue weighted by Crippen LogP contribution is -2.37. The SMILES string of the molecule is CC1CN(CCCO)CCC(=O)N1. The molecule has 0 aromatic rings. The van der Waals surface area contributed by atoms with E-state index in [1.165, 1.54) is 0 Å². The van der Waals surface area contributed by atoms with Gasteiger partial charge in [0.25, 0.3) is 0 Å². The third kappa shape index (κ3) is 3.74. The Labute approximate surface area is 78.9 Å². The van der Waals surface area contributed by atoms with Crippen molar-refractivity contribution in [1.29, 1.82) is 0 Å². The van der Waals surface area contributed by atoms with E-state index in [9.17, 15) is 4.79 Å². The Morgan fingerprint density at radius 1 is 1.69 bits per heavy atom. The smallest absolute Gasteiger partial charge is 0.221 e. The lowest BCUT2D eigenvalue weighted by molar-refractivity contribution is -0.121. The molecule has 0 aliphatic carbocycles. The molecular weight excluding hydrogens is 168 g/mol. The molecule has 0 bridgehead atoms. The largest absolute Gasteiger partial charge is 0.396 e. The average Bonchev–Trinajstić information content (AvgIpc) is 2.23. The fourth-order valence-corrected chi connectivity index (χ4v) is 1.63. The summed E-state index contributed by atoms with van der Waals surface area (Å²) in [6, 6.07) is 0.230. The van der Waals surface area contributed by atoms with Crippen LogP contribution < -0.4 is 5.32 Å². The van der Waals surface area contributed by atoms with Gasteiger partial charge in [-0.05, 0) is 13.3 Å². The van der Waals surface area contributed by atoms with E-state index < -0.39 is 0 Å². The maximum atomic E-state index is 11.1. The number of hydrogen-bond acceptors (Lipinski definition) is 3. The zero-order valence-corrected chi connectivity index (χ0v) is 8.12. The van der Waals surface area contributed by atoms with Crippen LogP contribution in [0.2, 0.25) is 0 Å². The van der Waals surface area contributed by atoms with Crippen LogP contribution in [0.15, 0.2) is 0 Å². The van der Waals surface area contributed by atoms with E-state index in [4.69, 9.17) is 5.11 Å². The summed E-state index contributed by atoms with van der Waals surface area (Å²) < 4.78 is 0. The van der Waals surface area contributed by atoms with Gasteiger partial charge < -0.3 is 15.3 Å². The van der Waals surface area contributed by atoms with Crippen LogP contribution in [0, 0.1) is 0 Å². The van der Waals surface area contributed by atoms with Crippen molar-refractivity contribution in [1.82, 2.24) is 10.2 Å². The normalized spacial score (nSPS) is 25.4. The van der Waals surface area contributed by atoms with Crippen molar-refractivity contribution in [3.63, 3.8) is 0 Å². The topological polar surface area (TPSA) is 52.6 Å². The summed E-state index contributed by atoms with van der Waals surface area (Å²) in [5.41, 5.74) is 0. The van der Waals surface area contributed by atoms with Crippen LogP contribution in [0.1, 0.15) is 19.8 Å². The third-order valence-corrected chi connectivity index (χ3v) is 2.23. The van der Waals surface area contributed by atoms with Crippen molar-refractivity contribution in [2.24, 2.45) is 0 Å². The zero-order chi connectivity index (χ0) is 9.68. The number of aliphatic hydroxyl groups is 1. The van der Waals surface area contributed by atoms with Gasteiger partial charge in [0.05, 0.1) is 0 Å². The van der Waals surface area contributed by atoms with Crippen molar-refractivity contribution >= 4 is 5.91 Å². The first-order chi connectivity index (χ1) is 6.22. The van der Waals surface area contributed by atoms with Gasteiger partial charge in [0.1, 0.15) is 0 Å². The first kappa shape index (κ1) is 10.5. The summed E-state index contributed by atoms with van der Waals surface area (Å²) in [6.45, 7) is 4.83. The van der Waals surface area contributed by atoms with Crippen LogP contribution in [-0.2, 0) is 4.79 Å². The number of carbonyl (C=O) groups excluding carboxylic acids is 1. The van der Waals surface area contributed by atoms with Crippen LogP contribution in [0.5, 0.6) is 0 Å². The van der Waals surface area contributed by atoms with Gasteiger partial charge in [0.2, 0.25) is 5.91 Å². The molecule has 0 saturated carbocycles. The molecule has 0 spiro atoms. The molecule has 1 fully saturated rings. The standard InChI is InChI=1S/C9H18N2O2/c1-8-7-11(4-2-6-12)5-3-9(13)10-8/h8,12H,2-7H2,1H3,(H,10,13). The molecule has 1 amide bonds. The molecule has 1 saturated heterocycles. The monoisotopic (exact) mass is 186 g/mol. The zero-order valence-electron chi connectivity index (χ0n) is 8.12. The summed E-state index contributed by atoms with van der Waals surface area (Å²) >= 11 is 0. The van der Waals surface area contributed by atoms with Crippen LogP contribution in [-0.4, -0.2) is 48.2 Å². The van der Waals surface area contributed by atoms with Gasteiger partial charge in [-0.25, -0.2) is 0 Å². The Balaban J connectivity index is 2.34. The van der Waals surface area contributed by atoms with E-state index in [2.05, 4.69) is 10.2 Å². The summed E-state index contributed by atoms with van der Waals surface area (Å²) in [4.78, 5) is 13.3. The number of rotatable bonds is 3. The number of amides is 1. The Hall–Kier alpha value is -0.610. The molecule has 2 N–H and O–H groups in total. The molecule has 1 rings (SSSR count). The Morgan fingerprint density at radius 2 is 2.46 bits per heavy atom. The maximum absolute atomic E-state index is 11.1. The Bertz CT molecular complexity index is 173. The molecule has 1 aliphatic rings. The van der Waals surface area contributed by atoms with E-state index >= 15 is 0 Å². The molecule has 13 heavy (non-hydrogen) atoms. The van der Waals surface area contributed by atoms with E-state index in [0.29, 0.717) is 6.42 Å². The van der Waals surface area contributed by atoms with E-state index in [1.807, 2.05) is 6.92 Å². The molecule has 76 valence electrons. The maximum Gasteiger partial charge on any atom is 0.221 e. The molecule has 1 aliphatic heterocycles. The number of nitrogens with one attached hydrogen (secondary N) is 1. The second kappa shape index (κ2) is 5.19. The predicted molar refractivity (Wildman–Crippen MR) is 50.4 cm³/mol. The first-order valence-electron chi connectivity index (χ1n) is 4.85. The van der Waals surface area contributed by atoms with Crippen LogP contribution in [0.3, 0.4) is 0 Å². The van der Waals surface area contributed by atoms with Gasteiger partial charge in [0.15, 0.2) is 0 Å². The highest BCUT2D eigenvalue weighted by molar-refractivity contribution is 5.76. The first-order valence-corrected chi connectivity index (χ1v) is 4.85. The van der Waals surface area contributed by atoms with Gasteiger partial charge >= 0.3 is 0 Å². The minimum absolute atomic E-state index is 0.138. The van der Waals surface area contributed by atoms with Gasteiger partial charge in [-0.2, -0.15) is 0 Å². The lowest BCUT2D eigenvalue weighted by atomic mass is 10.3. The van der Waals surface area contributed by atoms with Crippen molar-refractivity contribution in [2.45, 2.75) is 25.8 Å². The second-order valence-corrected chi connectivity index (χ2v) is 3.60. The molecule has 0 radical (unpaired) electrons. The van der Waals surface area contributed by atoms with Crippen LogP contribution >= 0.6 is 0 Å². The Morgan fingerprint density at radius 3 is 3.15 bits per heavy atom. The van der Waals surface area contributed by atoms with E-state index in [1.54, 1.807) is 0 Å². The summed E-state index contributed by atoms with van der Waals surface area (Å²) in [5.74, 6) is 0.138. The molecule has 0 aromatic heterocycles. The highest BCUT2D eigenvalue weighted by Crippen LogP contribution is 2.01. The van der Waals surface area contributed by atoms with Gasteiger partial charge in [-0.15, -0.1) is 0 Å². The highest BCUT2D eigenvalue weighted by atomic mass is 16.3. The van der Waals surface area contributed by atoms with Gasteiger partial charge in [0, 0.05) is 38.7 Å². The van der Waals surface area contributed by atoms with Crippen LogP contribution in [0.4, 0.5) is 0 Å². The van der Waals surface area contributed by atoms with Crippen molar-refractivity contribution in [2.75, 3.05) is 26.2 Å².